The molecule has 0 saturated heterocycles. The molecule has 0 aromatic heterocycles. The Balaban J connectivity index is 2.64. The van der Waals surface area contributed by atoms with Crippen molar-refractivity contribution in [3.8, 4) is 0 Å². The zero-order valence-electron chi connectivity index (χ0n) is 11.2. The molecule has 1 N–H and O–H groups in total. The van der Waals surface area contributed by atoms with E-state index in [-0.39, 0.29) is 11.9 Å². The summed E-state index contributed by atoms with van der Waals surface area (Å²) in [6.07, 6.45) is 0. The van der Waals surface area contributed by atoms with Gasteiger partial charge in [0.2, 0.25) is 5.91 Å². The molecule has 0 aliphatic carbocycles. The van der Waals surface area contributed by atoms with Crippen LogP contribution in [0.5, 0.6) is 0 Å². The van der Waals surface area contributed by atoms with Crippen LogP contribution < -0.4 is 10.2 Å². The zero-order valence-corrected chi connectivity index (χ0v) is 11.2. The fourth-order valence-electron chi connectivity index (χ4n) is 2.62. The van der Waals surface area contributed by atoms with Gasteiger partial charge in [0.15, 0.2) is 0 Å². The maximum absolute atomic E-state index is 12.2. The Hall–Kier alpha value is -1.51. The molecule has 0 saturated carbocycles. The highest BCUT2D eigenvalue weighted by atomic mass is 16.2. The molecular weight excluding hydrogens is 212 g/mol. The first-order valence-corrected chi connectivity index (χ1v) is 6.06. The van der Waals surface area contributed by atoms with Gasteiger partial charge in [0.1, 0.15) is 5.54 Å². The Bertz CT molecular complexity index is 463. The summed E-state index contributed by atoms with van der Waals surface area (Å²) in [5.41, 5.74) is 2.67. The van der Waals surface area contributed by atoms with E-state index in [1.54, 1.807) is 0 Å². The van der Waals surface area contributed by atoms with Gasteiger partial charge in [-0.2, -0.15) is 0 Å². The van der Waals surface area contributed by atoms with Gasteiger partial charge < -0.3 is 10.2 Å². The van der Waals surface area contributed by atoms with E-state index in [0.29, 0.717) is 0 Å². The zero-order chi connectivity index (χ0) is 12.8. The van der Waals surface area contributed by atoms with Crippen LogP contribution in [0, 0.1) is 6.92 Å². The Morgan fingerprint density at radius 2 is 1.94 bits per heavy atom. The van der Waals surface area contributed by atoms with Crippen molar-refractivity contribution in [3.63, 3.8) is 0 Å². The molecule has 1 amide bonds. The van der Waals surface area contributed by atoms with Crippen LogP contribution in [-0.4, -0.2) is 17.5 Å². The predicted octanol–water partition coefficient (Wildman–Crippen LogP) is 2.94. The number of fused-ring (bicyclic) bond motifs is 1. The lowest BCUT2D eigenvalue weighted by molar-refractivity contribution is -0.120. The van der Waals surface area contributed by atoms with Gasteiger partial charge in [0, 0.05) is 6.04 Å². The summed E-state index contributed by atoms with van der Waals surface area (Å²) in [6.45, 7) is 10.2. The summed E-state index contributed by atoms with van der Waals surface area (Å²) in [6, 6.07) is 6.42. The van der Waals surface area contributed by atoms with Crippen molar-refractivity contribution in [2.75, 3.05) is 10.2 Å². The van der Waals surface area contributed by atoms with E-state index in [1.807, 2.05) is 32.9 Å². The van der Waals surface area contributed by atoms with Crippen LogP contribution >= 0.6 is 0 Å². The molecule has 1 aliphatic rings. The molecular formula is C14H20N2O. The van der Waals surface area contributed by atoms with Crippen LogP contribution in [0.25, 0.3) is 0 Å². The lowest BCUT2D eigenvalue weighted by Crippen LogP contribution is -2.58. The highest BCUT2D eigenvalue weighted by Gasteiger charge is 2.41. The molecule has 2 rings (SSSR count). The molecule has 3 heteroatoms. The van der Waals surface area contributed by atoms with Crippen LogP contribution in [0.15, 0.2) is 18.2 Å². The van der Waals surface area contributed by atoms with E-state index in [2.05, 4.69) is 30.1 Å². The molecule has 0 fully saturated rings. The fraction of sp³-hybridized carbons (Fsp3) is 0.500. The molecule has 0 radical (unpaired) electrons. The highest BCUT2D eigenvalue weighted by molar-refractivity contribution is 6.07. The Morgan fingerprint density at radius 1 is 1.29 bits per heavy atom. The fourth-order valence-corrected chi connectivity index (χ4v) is 2.62. The third kappa shape index (κ3) is 1.70. The molecule has 3 nitrogen and oxygen atoms in total. The van der Waals surface area contributed by atoms with Gasteiger partial charge in [-0.25, -0.2) is 0 Å². The number of rotatable bonds is 1. The van der Waals surface area contributed by atoms with E-state index in [0.717, 1.165) is 16.9 Å². The van der Waals surface area contributed by atoms with E-state index in [1.165, 1.54) is 0 Å². The lowest BCUT2D eigenvalue weighted by Gasteiger charge is -2.46. The molecule has 1 heterocycles. The molecule has 92 valence electrons. The predicted molar refractivity (Wildman–Crippen MR) is 71.5 cm³/mol. The largest absolute Gasteiger partial charge is 0.353 e. The first kappa shape index (κ1) is 12.0. The van der Waals surface area contributed by atoms with Gasteiger partial charge in [-0.15, -0.1) is 0 Å². The molecule has 1 aromatic carbocycles. The van der Waals surface area contributed by atoms with Crippen molar-refractivity contribution in [3.05, 3.63) is 23.8 Å². The minimum Gasteiger partial charge on any atom is -0.353 e. The van der Waals surface area contributed by atoms with E-state index in [9.17, 15) is 4.79 Å². The number of anilines is 2. The maximum atomic E-state index is 12.2. The van der Waals surface area contributed by atoms with Crippen molar-refractivity contribution >= 4 is 17.3 Å². The molecule has 0 atom stereocenters. The highest BCUT2D eigenvalue weighted by Crippen LogP contribution is 2.39. The van der Waals surface area contributed by atoms with E-state index in [4.69, 9.17) is 0 Å². The topological polar surface area (TPSA) is 32.3 Å². The summed E-state index contributed by atoms with van der Waals surface area (Å²) in [4.78, 5) is 14.4. The molecule has 0 spiro atoms. The third-order valence-corrected chi connectivity index (χ3v) is 3.42. The van der Waals surface area contributed by atoms with Crippen LogP contribution in [0.2, 0.25) is 0 Å². The first-order valence-electron chi connectivity index (χ1n) is 6.06. The summed E-state index contributed by atoms with van der Waals surface area (Å²) in [5.74, 6) is 0.0630. The molecule has 17 heavy (non-hydrogen) atoms. The number of para-hydroxylation sites is 1. The molecule has 0 unspecified atom stereocenters. The number of hydrogen-bond acceptors (Lipinski definition) is 2. The first-order chi connectivity index (χ1) is 7.85. The number of hydrogen-bond donors (Lipinski definition) is 1. The smallest absolute Gasteiger partial charge is 0.249 e. The number of carbonyl (C=O) groups excluding carboxylic acids is 1. The quantitative estimate of drug-likeness (QED) is 0.807. The minimum absolute atomic E-state index is 0.0630. The number of nitrogens with one attached hydrogen (secondary N) is 1. The van der Waals surface area contributed by atoms with Crippen molar-refractivity contribution in [2.45, 2.75) is 46.2 Å². The van der Waals surface area contributed by atoms with Gasteiger partial charge in [-0.1, -0.05) is 12.1 Å². The average Bonchev–Trinajstić information content (AvgIpc) is 2.20. The van der Waals surface area contributed by atoms with Crippen molar-refractivity contribution in [1.82, 2.24) is 0 Å². The molecule has 1 aromatic rings. The number of nitrogens with zero attached hydrogens (tertiary/aromatic N) is 1. The van der Waals surface area contributed by atoms with Crippen molar-refractivity contribution in [2.24, 2.45) is 0 Å². The monoisotopic (exact) mass is 232 g/mol. The van der Waals surface area contributed by atoms with Crippen LogP contribution in [0.1, 0.15) is 33.3 Å². The second kappa shape index (κ2) is 3.76. The summed E-state index contributed by atoms with van der Waals surface area (Å²) < 4.78 is 0. The SMILES string of the molecule is Cc1cccc2c1NC(=O)C(C)(C)N2C(C)C. The Kier molecular flexibility index (Phi) is 2.64. The second-order valence-corrected chi connectivity index (χ2v) is 5.45. The maximum Gasteiger partial charge on any atom is 0.249 e. The number of benzene rings is 1. The van der Waals surface area contributed by atoms with Gasteiger partial charge in [0.05, 0.1) is 11.4 Å². The van der Waals surface area contributed by atoms with Gasteiger partial charge in [-0.05, 0) is 46.2 Å². The van der Waals surface area contributed by atoms with Gasteiger partial charge in [0.25, 0.3) is 0 Å². The van der Waals surface area contributed by atoms with E-state index < -0.39 is 5.54 Å². The van der Waals surface area contributed by atoms with Gasteiger partial charge in [-0.3, -0.25) is 4.79 Å². The third-order valence-electron chi connectivity index (χ3n) is 3.42. The van der Waals surface area contributed by atoms with E-state index >= 15 is 0 Å². The summed E-state index contributed by atoms with van der Waals surface area (Å²) in [7, 11) is 0. The van der Waals surface area contributed by atoms with Crippen LogP contribution in [0.4, 0.5) is 11.4 Å². The Morgan fingerprint density at radius 3 is 2.53 bits per heavy atom. The van der Waals surface area contributed by atoms with Crippen LogP contribution in [0.3, 0.4) is 0 Å². The minimum atomic E-state index is -0.505. The van der Waals surface area contributed by atoms with Crippen LogP contribution in [-0.2, 0) is 4.79 Å². The Labute approximate surface area is 103 Å². The standard InChI is InChI=1S/C14H20N2O/c1-9(2)16-11-8-6-7-10(3)12(11)15-13(17)14(16,4)5/h6-9H,1-5H3,(H,15,17). The summed E-state index contributed by atoms with van der Waals surface area (Å²) in [5, 5.41) is 3.02. The van der Waals surface area contributed by atoms with Gasteiger partial charge >= 0.3 is 0 Å². The normalized spacial score (nSPS) is 18.0. The average molecular weight is 232 g/mol. The van der Waals surface area contributed by atoms with Crippen molar-refractivity contribution < 1.29 is 4.79 Å². The lowest BCUT2D eigenvalue weighted by atomic mass is 9.93. The van der Waals surface area contributed by atoms with Crippen molar-refractivity contribution in [1.29, 1.82) is 0 Å². The summed E-state index contributed by atoms with van der Waals surface area (Å²) >= 11 is 0. The second-order valence-electron chi connectivity index (χ2n) is 5.45. The molecule has 1 aliphatic heterocycles. The molecule has 0 bridgehead atoms. The number of amides is 1. The number of aryl methyl sites for hydroxylation is 1. The number of carbonyl (C=O) groups is 1.